The summed E-state index contributed by atoms with van der Waals surface area (Å²) in [5, 5.41) is 2.63. The smallest absolute Gasteiger partial charge is 0.317 e. The molecule has 0 radical (unpaired) electrons. The summed E-state index contributed by atoms with van der Waals surface area (Å²) in [4.78, 5) is 12.6. The lowest BCUT2D eigenvalue weighted by molar-refractivity contribution is 0.0153. The third kappa shape index (κ3) is 3.62. The summed E-state index contributed by atoms with van der Waals surface area (Å²) in [6.45, 7) is 1.92. The Morgan fingerprint density at radius 1 is 1.67 bits per heavy atom. The normalized spacial score (nSPS) is 21.5. The monoisotopic (exact) mass is 221 g/mol. The topological polar surface area (TPSA) is 58.4 Å². The van der Waals surface area contributed by atoms with E-state index in [0.717, 1.165) is 4.90 Å². The van der Waals surface area contributed by atoms with Crippen molar-refractivity contribution in [2.45, 2.75) is 31.7 Å². The van der Waals surface area contributed by atoms with Gasteiger partial charge >= 0.3 is 6.03 Å². The lowest BCUT2D eigenvalue weighted by atomic mass is 10.2. The van der Waals surface area contributed by atoms with Gasteiger partial charge in [-0.05, 0) is 19.9 Å². The van der Waals surface area contributed by atoms with Crippen LogP contribution in [-0.2, 0) is 0 Å². The first-order chi connectivity index (χ1) is 6.94. The van der Waals surface area contributed by atoms with Crippen LogP contribution in [0.5, 0.6) is 0 Å². The lowest BCUT2D eigenvalue weighted by Crippen LogP contribution is -2.44. The number of amides is 2. The second kappa shape index (κ2) is 4.74. The van der Waals surface area contributed by atoms with Gasteiger partial charge in [0.2, 0.25) is 0 Å². The fourth-order valence-electron chi connectivity index (χ4n) is 1.53. The molecule has 1 saturated heterocycles. The highest BCUT2D eigenvalue weighted by molar-refractivity contribution is 5.74. The van der Waals surface area contributed by atoms with Crippen molar-refractivity contribution in [3.63, 3.8) is 0 Å². The van der Waals surface area contributed by atoms with E-state index in [0.29, 0.717) is 13.0 Å². The molecule has 1 rings (SSSR count). The molecule has 1 aliphatic heterocycles. The summed E-state index contributed by atoms with van der Waals surface area (Å²) >= 11 is 0. The molecule has 0 aromatic rings. The maximum absolute atomic E-state index is 12.8. The summed E-state index contributed by atoms with van der Waals surface area (Å²) in [5.74, 6) is -2.73. The molecular formula is C9H17F2N3O. The van der Waals surface area contributed by atoms with Crippen LogP contribution >= 0.6 is 0 Å². The van der Waals surface area contributed by atoms with Crippen molar-refractivity contribution in [3.05, 3.63) is 0 Å². The Balaban J connectivity index is 2.35. The van der Waals surface area contributed by atoms with Crippen molar-refractivity contribution in [2.24, 2.45) is 5.73 Å². The Morgan fingerprint density at radius 3 is 2.80 bits per heavy atom. The first-order valence-corrected chi connectivity index (χ1v) is 5.08. The van der Waals surface area contributed by atoms with Gasteiger partial charge in [-0.1, -0.05) is 0 Å². The van der Waals surface area contributed by atoms with Crippen LogP contribution in [0.2, 0.25) is 0 Å². The molecule has 0 aromatic carbocycles. The third-order valence-electron chi connectivity index (χ3n) is 2.43. The van der Waals surface area contributed by atoms with Crippen LogP contribution in [-0.4, -0.2) is 42.5 Å². The molecule has 0 aromatic heterocycles. The second-order valence-corrected chi connectivity index (χ2v) is 3.96. The summed E-state index contributed by atoms with van der Waals surface area (Å²) in [6.07, 6.45) is 0.404. The fourth-order valence-corrected chi connectivity index (χ4v) is 1.53. The molecule has 1 unspecified atom stereocenters. The number of hydrogen-bond acceptors (Lipinski definition) is 2. The fraction of sp³-hybridized carbons (Fsp3) is 0.889. The number of rotatable bonds is 3. The number of hydrogen-bond donors (Lipinski definition) is 2. The van der Waals surface area contributed by atoms with E-state index in [4.69, 9.17) is 5.73 Å². The van der Waals surface area contributed by atoms with Crippen LogP contribution in [0.4, 0.5) is 13.6 Å². The maximum atomic E-state index is 12.8. The Kier molecular flexibility index (Phi) is 3.84. The van der Waals surface area contributed by atoms with Gasteiger partial charge in [-0.15, -0.1) is 0 Å². The van der Waals surface area contributed by atoms with Gasteiger partial charge in [-0.2, -0.15) is 0 Å². The minimum Gasteiger partial charge on any atom is -0.335 e. The van der Waals surface area contributed by atoms with Gasteiger partial charge in [0.1, 0.15) is 0 Å². The van der Waals surface area contributed by atoms with Gasteiger partial charge < -0.3 is 16.0 Å². The van der Waals surface area contributed by atoms with E-state index in [9.17, 15) is 13.6 Å². The zero-order valence-electron chi connectivity index (χ0n) is 8.80. The van der Waals surface area contributed by atoms with Gasteiger partial charge in [0.05, 0.1) is 6.54 Å². The zero-order chi connectivity index (χ0) is 11.5. The molecular weight excluding hydrogens is 204 g/mol. The van der Waals surface area contributed by atoms with E-state index in [-0.39, 0.29) is 19.0 Å². The molecule has 1 heterocycles. The molecule has 1 aliphatic rings. The first kappa shape index (κ1) is 12.2. The van der Waals surface area contributed by atoms with Gasteiger partial charge in [0.25, 0.3) is 5.92 Å². The average molecular weight is 221 g/mol. The molecule has 15 heavy (non-hydrogen) atoms. The van der Waals surface area contributed by atoms with Crippen LogP contribution < -0.4 is 11.1 Å². The summed E-state index contributed by atoms with van der Waals surface area (Å²) in [5.41, 5.74) is 5.32. The van der Waals surface area contributed by atoms with Crippen molar-refractivity contribution in [3.8, 4) is 0 Å². The van der Waals surface area contributed by atoms with Crippen molar-refractivity contribution >= 4 is 6.03 Å². The predicted octanol–water partition coefficient (Wildman–Crippen LogP) is 0.774. The van der Waals surface area contributed by atoms with Crippen molar-refractivity contribution < 1.29 is 13.6 Å². The molecule has 0 aliphatic carbocycles. The molecule has 1 atom stereocenters. The Morgan fingerprint density at radius 2 is 2.33 bits per heavy atom. The predicted molar refractivity (Wildman–Crippen MR) is 52.8 cm³/mol. The number of carbonyl (C=O) groups excluding carboxylic acids is 1. The molecule has 88 valence electrons. The van der Waals surface area contributed by atoms with E-state index in [1.807, 2.05) is 0 Å². The highest BCUT2D eigenvalue weighted by atomic mass is 19.3. The van der Waals surface area contributed by atoms with E-state index >= 15 is 0 Å². The van der Waals surface area contributed by atoms with Crippen molar-refractivity contribution in [2.75, 3.05) is 19.6 Å². The molecule has 6 heteroatoms. The average Bonchev–Trinajstić information content (AvgIpc) is 2.46. The molecule has 0 spiro atoms. The second-order valence-electron chi connectivity index (χ2n) is 3.96. The quantitative estimate of drug-likeness (QED) is 0.739. The molecule has 2 amide bonds. The third-order valence-corrected chi connectivity index (χ3v) is 2.43. The number of halogens is 2. The summed E-state index contributed by atoms with van der Waals surface area (Å²) in [7, 11) is 0. The standard InChI is InChI=1S/C9H17F2N3O/c1-7(2-4-12)13-8(15)14-5-3-9(10,11)6-14/h7H,2-6,12H2,1H3,(H,13,15). The zero-order valence-corrected chi connectivity index (χ0v) is 8.80. The summed E-state index contributed by atoms with van der Waals surface area (Å²) < 4.78 is 25.6. The lowest BCUT2D eigenvalue weighted by Gasteiger charge is -2.20. The van der Waals surface area contributed by atoms with Crippen LogP contribution in [0.1, 0.15) is 19.8 Å². The molecule has 0 bridgehead atoms. The van der Waals surface area contributed by atoms with E-state index < -0.39 is 18.5 Å². The van der Waals surface area contributed by atoms with Gasteiger partial charge in [0, 0.05) is 19.0 Å². The van der Waals surface area contributed by atoms with E-state index in [1.165, 1.54) is 0 Å². The van der Waals surface area contributed by atoms with Crippen molar-refractivity contribution in [1.29, 1.82) is 0 Å². The number of nitrogens with one attached hydrogen (secondary N) is 1. The van der Waals surface area contributed by atoms with Crippen LogP contribution in [0.3, 0.4) is 0 Å². The molecule has 3 N–H and O–H groups in total. The van der Waals surface area contributed by atoms with E-state index in [2.05, 4.69) is 5.32 Å². The number of nitrogens with zero attached hydrogens (tertiary/aromatic N) is 1. The molecule has 4 nitrogen and oxygen atoms in total. The molecule has 0 saturated carbocycles. The SMILES string of the molecule is CC(CCN)NC(=O)N1CCC(F)(F)C1. The molecule has 1 fully saturated rings. The van der Waals surface area contributed by atoms with Crippen LogP contribution in [0.25, 0.3) is 0 Å². The minimum atomic E-state index is -2.73. The van der Waals surface area contributed by atoms with Gasteiger partial charge in [-0.3, -0.25) is 0 Å². The maximum Gasteiger partial charge on any atom is 0.317 e. The highest BCUT2D eigenvalue weighted by Crippen LogP contribution is 2.26. The minimum absolute atomic E-state index is 0.0725. The summed E-state index contributed by atoms with van der Waals surface area (Å²) in [6, 6.07) is -0.496. The van der Waals surface area contributed by atoms with Crippen LogP contribution in [0.15, 0.2) is 0 Å². The van der Waals surface area contributed by atoms with E-state index in [1.54, 1.807) is 6.92 Å². The Labute approximate surface area is 87.8 Å². The Hall–Kier alpha value is -0.910. The number of carbonyl (C=O) groups is 1. The number of urea groups is 1. The van der Waals surface area contributed by atoms with Gasteiger partial charge in [-0.25, -0.2) is 13.6 Å². The van der Waals surface area contributed by atoms with Gasteiger partial charge in [0.15, 0.2) is 0 Å². The highest BCUT2D eigenvalue weighted by Gasteiger charge is 2.40. The van der Waals surface area contributed by atoms with Crippen molar-refractivity contribution in [1.82, 2.24) is 10.2 Å². The largest absolute Gasteiger partial charge is 0.335 e. The number of likely N-dealkylation sites (tertiary alicyclic amines) is 1. The number of alkyl halides is 2. The first-order valence-electron chi connectivity index (χ1n) is 5.08. The number of nitrogens with two attached hydrogens (primary N) is 1. The van der Waals surface area contributed by atoms with Crippen LogP contribution in [0, 0.1) is 0 Å². The Bertz CT molecular complexity index is 235.